The average Bonchev–Trinajstić information content (AvgIpc) is 2.67. The molecule has 144 valence electrons. The van der Waals surface area contributed by atoms with E-state index in [4.69, 9.17) is 4.74 Å². The SMILES string of the molecule is Cc1cccc(OCC(=O)Nc2cnc(N3CCCCC3)nc2N(C)C)c1. The summed E-state index contributed by atoms with van der Waals surface area (Å²) < 4.78 is 5.57. The number of aromatic nitrogens is 2. The lowest BCUT2D eigenvalue weighted by molar-refractivity contribution is -0.118. The molecule has 0 unspecified atom stereocenters. The zero-order valence-corrected chi connectivity index (χ0v) is 16.2. The highest BCUT2D eigenvalue weighted by molar-refractivity contribution is 5.94. The fraction of sp³-hybridized carbons (Fsp3) is 0.450. The summed E-state index contributed by atoms with van der Waals surface area (Å²) in [4.78, 5) is 25.5. The molecule has 1 saturated heterocycles. The van der Waals surface area contributed by atoms with Gasteiger partial charge in [0.15, 0.2) is 12.4 Å². The van der Waals surface area contributed by atoms with Gasteiger partial charge in [-0.25, -0.2) is 4.98 Å². The topological polar surface area (TPSA) is 70.6 Å². The van der Waals surface area contributed by atoms with Crippen LogP contribution in [0.25, 0.3) is 0 Å². The quantitative estimate of drug-likeness (QED) is 0.844. The molecule has 0 saturated carbocycles. The van der Waals surface area contributed by atoms with Crippen molar-refractivity contribution in [1.82, 2.24) is 9.97 Å². The Bertz CT molecular complexity index is 788. The van der Waals surface area contributed by atoms with Crippen molar-refractivity contribution in [3.05, 3.63) is 36.0 Å². The average molecular weight is 369 g/mol. The van der Waals surface area contributed by atoms with Gasteiger partial charge in [-0.1, -0.05) is 12.1 Å². The van der Waals surface area contributed by atoms with E-state index in [1.165, 1.54) is 6.42 Å². The number of hydrogen-bond acceptors (Lipinski definition) is 6. The number of nitrogens with zero attached hydrogens (tertiary/aromatic N) is 4. The van der Waals surface area contributed by atoms with Crippen molar-refractivity contribution in [2.45, 2.75) is 26.2 Å². The lowest BCUT2D eigenvalue weighted by Gasteiger charge is -2.28. The Morgan fingerprint density at radius 3 is 2.74 bits per heavy atom. The van der Waals surface area contributed by atoms with Crippen LogP contribution in [0.5, 0.6) is 5.75 Å². The number of aryl methyl sites for hydroxylation is 1. The molecule has 0 spiro atoms. The van der Waals surface area contributed by atoms with Crippen LogP contribution in [0.15, 0.2) is 30.5 Å². The molecule has 1 amide bonds. The van der Waals surface area contributed by atoms with Gasteiger partial charge in [-0.05, 0) is 43.9 Å². The maximum Gasteiger partial charge on any atom is 0.262 e. The second-order valence-electron chi connectivity index (χ2n) is 7.00. The summed E-state index contributed by atoms with van der Waals surface area (Å²) in [5.74, 6) is 1.84. The smallest absolute Gasteiger partial charge is 0.262 e. The lowest BCUT2D eigenvalue weighted by atomic mass is 10.1. The zero-order chi connectivity index (χ0) is 19.2. The van der Waals surface area contributed by atoms with Crippen molar-refractivity contribution in [2.24, 2.45) is 0 Å². The number of benzene rings is 1. The summed E-state index contributed by atoms with van der Waals surface area (Å²) in [6, 6.07) is 7.62. The van der Waals surface area contributed by atoms with Crippen molar-refractivity contribution in [3.63, 3.8) is 0 Å². The molecule has 7 heteroatoms. The van der Waals surface area contributed by atoms with Crippen LogP contribution in [0.4, 0.5) is 17.5 Å². The van der Waals surface area contributed by atoms with Crippen LogP contribution in [0.1, 0.15) is 24.8 Å². The first kappa shape index (κ1) is 18.9. The number of rotatable bonds is 6. The molecule has 0 bridgehead atoms. The van der Waals surface area contributed by atoms with Crippen molar-refractivity contribution >= 4 is 23.4 Å². The molecule has 1 aliphatic rings. The number of hydrogen-bond donors (Lipinski definition) is 1. The molecule has 1 aromatic carbocycles. The molecule has 1 aliphatic heterocycles. The van der Waals surface area contributed by atoms with Gasteiger partial charge < -0.3 is 19.9 Å². The van der Waals surface area contributed by atoms with E-state index in [9.17, 15) is 4.79 Å². The summed E-state index contributed by atoms with van der Waals surface area (Å²) in [5, 5.41) is 2.86. The lowest BCUT2D eigenvalue weighted by Crippen LogP contribution is -2.31. The van der Waals surface area contributed by atoms with Crippen molar-refractivity contribution < 1.29 is 9.53 Å². The molecule has 1 N–H and O–H groups in total. The van der Waals surface area contributed by atoms with Crippen molar-refractivity contribution in [3.8, 4) is 5.75 Å². The molecule has 0 atom stereocenters. The minimum Gasteiger partial charge on any atom is -0.484 e. The molecule has 3 rings (SSSR count). The van der Waals surface area contributed by atoms with Gasteiger partial charge in [-0.3, -0.25) is 4.79 Å². The van der Waals surface area contributed by atoms with Crippen molar-refractivity contribution in [2.75, 3.05) is 48.9 Å². The highest BCUT2D eigenvalue weighted by atomic mass is 16.5. The molecule has 7 nitrogen and oxygen atoms in total. The van der Waals surface area contributed by atoms with Crippen LogP contribution < -0.4 is 19.9 Å². The van der Waals surface area contributed by atoms with Gasteiger partial charge in [0.1, 0.15) is 11.4 Å². The maximum absolute atomic E-state index is 12.3. The van der Waals surface area contributed by atoms with E-state index >= 15 is 0 Å². The molecule has 0 radical (unpaired) electrons. The summed E-state index contributed by atoms with van der Waals surface area (Å²) in [7, 11) is 3.81. The number of carbonyl (C=O) groups excluding carboxylic acids is 1. The first-order valence-corrected chi connectivity index (χ1v) is 9.31. The number of anilines is 3. The van der Waals surface area contributed by atoms with Gasteiger partial charge in [-0.15, -0.1) is 0 Å². The van der Waals surface area contributed by atoms with E-state index in [1.807, 2.05) is 50.2 Å². The third-order valence-electron chi connectivity index (χ3n) is 4.45. The monoisotopic (exact) mass is 369 g/mol. The highest BCUT2D eigenvalue weighted by Crippen LogP contribution is 2.25. The van der Waals surface area contributed by atoms with Crippen molar-refractivity contribution in [1.29, 1.82) is 0 Å². The van der Waals surface area contributed by atoms with Gasteiger partial charge in [0.25, 0.3) is 5.91 Å². The Balaban J connectivity index is 1.66. The minimum atomic E-state index is -0.242. The Morgan fingerprint density at radius 2 is 2.04 bits per heavy atom. The molecule has 2 heterocycles. The van der Waals surface area contributed by atoms with Crippen LogP contribution >= 0.6 is 0 Å². The summed E-state index contributed by atoms with van der Waals surface area (Å²) in [6.07, 6.45) is 5.26. The summed E-state index contributed by atoms with van der Waals surface area (Å²) in [6.45, 7) is 3.87. The van der Waals surface area contributed by atoms with Gasteiger partial charge in [0.05, 0.1) is 6.20 Å². The van der Waals surface area contributed by atoms with E-state index in [0.29, 0.717) is 23.2 Å². The molecular formula is C20H27N5O2. The van der Waals surface area contributed by atoms with Crippen LogP contribution in [-0.4, -0.2) is 49.7 Å². The zero-order valence-electron chi connectivity index (χ0n) is 16.2. The first-order chi connectivity index (χ1) is 13.0. The van der Waals surface area contributed by atoms with Gasteiger partial charge in [-0.2, -0.15) is 4.98 Å². The molecule has 0 aliphatic carbocycles. The first-order valence-electron chi connectivity index (χ1n) is 9.31. The summed E-state index contributed by atoms with van der Waals surface area (Å²) in [5.41, 5.74) is 1.67. The second-order valence-corrected chi connectivity index (χ2v) is 7.00. The Kier molecular flexibility index (Phi) is 6.11. The van der Waals surface area contributed by atoms with E-state index in [-0.39, 0.29) is 12.5 Å². The van der Waals surface area contributed by atoms with Gasteiger partial charge in [0.2, 0.25) is 5.95 Å². The largest absolute Gasteiger partial charge is 0.484 e. The molecular weight excluding hydrogens is 342 g/mol. The fourth-order valence-corrected chi connectivity index (χ4v) is 3.08. The second kappa shape index (κ2) is 8.70. The van der Waals surface area contributed by atoms with Crippen LogP contribution in [0.2, 0.25) is 0 Å². The number of ether oxygens (including phenoxy) is 1. The number of piperidine rings is 1. The van der Waals surface area contributed by atoms with Crippen LogP contribution in [-0.2, 0) is 4.79 Å². The summed E-state index contributed by atoms with van der Waals surface area (Å²) >= 11 is 0. The molecule has 1 aromatic heterocycles. The highest BCUT2D eigenvalue weighted by Gasteiger charge is 2.17. The molecule has 1 fully saturated rings. The maximum atomic E-state index is 12.3. The predicted molar refractivity (Wildman–Crippen MR) is 108 cm³/mol. The van der Waals surface area contributed by atoms with E-state index < -0.39 is 0 Å². The number of amides is 1. The fourth-order valence-electron chi connectivity index (χ4n) is 3.08. The van der Waals surface area contributed by atoms with Gasteiger partial charge >= 0.3 is 0 Å². The van der Waals surface area contributed by atoms with E-state index in [1.54, 1.807) is 6.20 Å². The minimum absolute atomic E-state index is 0.0653. The number of carbonyl (C=O) groups is 1. The van der Waals surface area contributed by atoms with Crippen LogP contribution in [0, 0.1) is 6.92 Å². The Hall–Kier alpha value is -2.83. The Morgan fingerprint density at radius 1 is 1.26 bits per heavy atom. The van der Waals surface area contributed by atoms with Crippen LogP contribution in [0.3, 0.4) is 0 Å². The van der Waals surface area contributed by atoms with E-state index in [0.717, 1.165) is 31.5 Å². The van der Waals surface area contributed by atoms with E-state index in [2.05, 4.69) is 20.2 Å². The van der Waals surface area contributed by atoms with Gasteiger partial charge in [0, 0.05) is 27.2 Å². The normalized spacial score (nSPS) is 14.0. The molecule has 27 heavy (non-hydrogen) atoms. The number of nitrogens with one attached hydrogen (secondary N) is 1. The Labute approximate surface area is 160 Å². The third kappa shape index (κ3) is 5.09. The molecule has 2 aromatic rings. The standard InChI is InChI=1S/C20H27N5O2/c1-15-8-7-9-16(12-15)27-14-18(26)22-17-13-21-20(23-19(17)24(2)3)25-10-5-4-6-11-25/h7-9,12-13H,4-6,10-11,14H2,1-3H3,(H,22,26). The third-order valence-corrected chi connectivity index (χ3v) is 4.45. The predicted octanol–water partition coefficient (Wildman–Crippen LogP) is 2.86.